The van der Waals surface area contributed by atoms with E-state index in [2.05, 4.69) is 10.3 Å². The number of nitrogens with zero attached hydrogens (tertiary/aromatic N) is 1. The summed E-state index contributed by atoms with van der Waals surface area (Å²) in [6.07, 6.45) is -1.98. The van der Waals surface area contributed by atoms with Gasteiger partial charge in [-0.15, -0.1) is 0 Å². The van der Waals surface area contributed by atoms with Crippen LogP contribution in [0, 0.1) is 0 Å². The highest BCUT2D eigenvalue weighted by Crippen LogP contribution is 2.34. The lowest BCUT2D eigenvalue weighted by Gasteiger charge is -2.23. The Bertz CT molecular complexity index is 377. The third-order valence-electron chi connectivity index (χ3n) is 3.04. The molecule has 0 saturated heterocycles. The highest BCUT2D eigenvalue weighted by Gasteiger charge is 2.35. The van der Waals surface area contributed by atoms with Gasteiger partial charge in [-0.05, 0) is 32.0 Å². The number of alkyl halides is 3. The second kappa shape index (κ2) is 6.18. The molecule has 0 fully saturated rings. The predicted molar refractivity (Wildman–Crippen MR) is 65.4 cm³/mol. The molecule has 0 aliphatic rings. The first-order chi connectivity index (χ1) is 8.38. The van der Waals surface area contributed by atoms with Gasteiger partial charge in [-0.25, -0.2) is 0 Å². The molecule has 1 aromatic rings. The van der Waals surface area contributed by atoms with Crippen molar-refractivity contribution in [3.63, 3.8) is 0 Å². The van der Waals surface area contributed by atoms with Crippen LogP contribution in [-0.4, -0.2) is 17.6 Å². The molecule has 0 amide bonds. The van der Waals surface area contributed by atoms with E-state index in [1.54, 1.807) is 6.92 Å². The van der Waals surface area contributed by atoms with Crippen LogP contribution in [0.2, 0.25) is 0 Å². The summed E-state index contributed by atoms with van der Waals surface area (Å²) in [5, 5.41) is 3.20. The molecule has 0 aliphatic heterocycles. The number of aromatic nitrogens is 1. The maximum atomic E-state index is 12.9. The van der Waals surface area contributed by atoms with Crippen LogP contribution >= 0.6 is 0 Å². The zero-order chi connectivity index (χ0) is 13.8. The van der Waals surface area contributed by atoms with E-state index in [-0.39, 0.29) is 17.7 Å². The lowest BCUT2D eigenvalue weighted by Crippen LogP contribution is -2.32. The van der Waals surface area contributed by atoms with Gasteiger partial charge < -0.3 is 5.32 Å². The summed E-state index contributed by atoms with van der Waals surface area (Å²) < 4.78 is 38.6. The average Bonchev–Trinajstić information content (AvgIpc) is 2.34. The van der Waals surface area contributed by atoms with Gasteiger partial charge in [0.2, 0.25) is 0 Å². The van der Waals surface area contributed by atoms with E-state index in [1.807, 2.05) is 13.8 Å². The third kappa shape index (κ3) is 3.70. The van der Waals surface area contributed by atoms with E-state index >= 15 is 0 Å². The fraction of sp³-hybridized carbons (Fsp3) is 0.615. The van der Waals surface area contributed by atoms with Crippen LogP contribution in [0.1, 0.15) is 44.4 Å². The van der Waals surface area contributed by atoms with Gasteiger partial charge in [0.05, 0.1) is 11.3 Å². The summed E-state index contributed by atoms with van der Waals surface area (Å²) >= 11 is 0. The van der Waals surface area contributed by atoms with Gasteiger partial charge >= 0.3 is 6.18 Å². The zero-order valence-corrected chi connectivity index (χ0v) is 10.9. The van der Waals surface area contributed by atoms with E-state index in [0.29, 0.717) is 0 Å². The molecule has 5 heteroatoms. The topological polar surface area (TPSA) is 24.9 Å². The molecule has 2 atom stereocenters. The Morgan fingerprint density at radius 1 is 1.33 bits per heavy atom. The first-order valence-corrected chi connectivity index (χ1v) is 6.13. The molecule has 102 valence electrons. The molecule has 1 N–H and O–H groups in total. The van der Waals surface area contributed by atoms with Crippen molar-refractivity contribution in [1.29, 1.82) is 0 Å². The van der Waals surface area contributed by atoms with Crippen LogP contribution in [0.15, 0.2) is 18.3 Å². The standard InChI is InChI=1S/C13H19F3N2/c1-4-7-17-10(3)9(2)12-11(13(14,15)16)6-5-8-18-12/h5-6,8-10,17H,4,7H2,1-3H3. The molecule has 1 aromatic heterocycles. The number of pyridine rings is 1. The van der Waals surface area contributed by atoms with E-state index < -0.39 is 11.7 Å². The van der Waals surface area contributed by atoms with Crippen LogP contribution in [0.25, 0.3) is 0 Å². The van der Waals surface area contributed by atoms with Crippen molar-refractivity contribution in [2.75, 3.05) is 6.54 Å². The summed E-state index contributed by atoms with van der Waals surface area (Å²) in [6.45, 7) is 6.46. The molecule has 0 bridgehead atoms. The zero-order valence-electron chi connectivity index (χ0n) is 10.9. The molecular weight excluding hydrogens is 241 g/mol. The Labute approximate surface area is 106 Å². The van der Waals surface area contributed by atoms with Crippen molar-refractivity contribution in [3.05, 3.63) is 29.6 Å². The molecule has 18 heavy (non-hydrogen) atoms. The molecule has 0 aromatic carbocycles. The number of nitrogens with one attached hydrogen (secondary N) is 1. The van der Waals surface area contributed by atoms with E-state index in [9.17, 15) is 13.2 Å². The monoisotopic (exact) mass is 260 g/mol. The van der Waals surface area contributed by atoms with E-state index in [1.165, 1.54) is 12.3 Å². The molecule has 0 aliphatic carbocycles. The fourth-order valence-corrected chi connectivity index (χ4v) is 1.81. The van der Waals surface area contributed by atoms with Crippen molar-refractivity contribution in [3.8, 4) is 0 Å². The molecule has 0 saturated carbocycles. The first-order valence-electron chi connectivity index (χ1n) is 6.13. The van der Waals surface area contributed by atoms with Crippen LogP contribution in [0.5, 0.6) is 0 Å². The number of hydrogen-bond acceptors (Lipinski definition) is 2. The number of rotatable bonds is 5. The minimum atomic E-state index is -4.34. The Morgan fingerprint density at radius 2 is 2.00 bits per heavy atom. The summed E-state index contributed by atoms with van der Waals surface area (Å²) in [6, 6.07) is 2.37. The molecular formula is C13H19F3N2. The van der Waals surface area contributed by atoms with Gasteiger partial charge in [0.25, 0.3) is 0 Å². The van der Waals surface area contributed by atoms with Gasteiger partial charge in [0.1, 0.15) is 0 Å². The Kier molecular flexibility index (Phi) is 5.14. The van der Waals surface area contributed by atoms with Gasteiger partial charge in [-0.1, -0.05) is 13.8 Å². The van der Waals surface area contributed by atoms with Crippen molar-refractivity contribution < 1.29 is 13.2 Å². The molecule has 0 radical (unpaired) electrons. The summed E-state index contributed by atoms with van der Waals surface area (Å²) in [7, 11) is 0. The first kappa shape index (κ1) is 15.0. The lowest BCUT2D eigenvalue weighted by molar-refractivity contribution is -0.138. The summed E-state index contributed by atoms with van der Waals surface area (Å²) in [4.78, 5) is 3.91. The second-order valence-electron chi connectivity index (χ2n) is 4.47. The maximum Gasteiger partial charge on any atom is 0.418 e. The van der Waals surface area contributed by atoms with Crippen molar-refractivity contribution in [2.24, 2.45) is 0 Å². The Morgan fingerprint density at radius 3 is 2.56 bits per heavy atom. The second-order valence-corrected chi connectivity index (χ2v) is 4.47. The van der Waals surface area contributed by atoms with Gasteiger partial charge in [-0.2, -0.15) is 13.2 Å². The summed E-state index contributed by atoms with van der Waals surface area (Å²) in [5.41, 5.74) is -0.524. The smallest absolute Gasteiger partial charge is 0.314 e. The maximum absolute atomic E-state index is 12.9. The van der Waals surface area contributed by atoms with Crippen molar-refractivity contribution in [1.82, 2.24) is 10.3 Å². The molecule has 1 heterocycles. The lowest BCUT2D eigenvalue weighted by atomic mass is 9.95. The van der Waals surface area contributed by atoms with Gasteiger partial charge in [0, 0.05) is 18.2 Å². The highest BCUT2D eigenvalue weighted by molar-refractivity contribution is 5.26. The highest BCUT2D eigenvalue weighted by atomic mass is 19.4. The number of hydrogen-bond donors (Lipinski definition) is 1. The van der Waals surface area contributed by atoms with Crippen LogP contribution in [0.4, 0.5) is 13.2 Å². The molecule has 2 unspecified atom stereocenters. The predicted octanol–water partition coefficient (Wildman–Crippen LogP) is 3.59. The van der Waals surface area contributed by atoms with Crippen LogP contribution in [-0.2, 0) is 6.18 Å². The molecule has 2 nitrogen and oxygen atoms in total. The third-order valence-corrected chi connectivity index (χ3v) is 3.04. The minimum Gasteiger partial charge on any atom is -0.314 e. The largest absolute Gasteiger partial charge is 0.418 e. The molecule has 1 rings (SSSR count). The number of halogens is 3. The van der Waals surface area contributed by atoms with Crippen LogP contribution in [0.3, 0.4) is 0 Å². The summed E-state index contributed by atoms with van der Waals surface area (Å²) in [5.74, 6) is -0.283. The van der Waals surface area contributed by atoms with Gasteiger partial charge in [-0.3, -0.25) is 4.98 Å². The average molecular weight is 260 g/mol. The van der Waals surface area contributed by atoms with Crippen molar-refractivity contribution >= 4 is 0 Å². The minimum absolute atomic E-state index is 0.0408. The Balaban J connectivity index is 2.95. The normalized spacial score (nSPS) is 15.4. The van der Waals surface area contributed by atoms with Crippen molar-refractivity contribution in [2.45, 2.75) is 45.3 Å². The SMILES string of the molecule is CCCNC(C)C(C)c1ncccc1C(F)(F)F. The Hall–Kier alpha value is -1.10. The quantitative estimate of drug-likeness (QED) is 0.875. The molecule has 0 spiro atoms. The fourth-order valence-electron chi connectivity index (χ4n) is 1.81. The van der Waals surface area contributed by atoms with Gasteiger partial charge in [0.15, 0.2) is 0 Å². The van der Waals surface area contributed by atoms with E-state index in [0.717, 1.165) is 19.0 Å². The van der Waals surface area contributed by atoms with Crippen LogP contribution < -0.4 is 5.32 Å². The van der Waals surface area contributed by atoms with E-state index in [4.69, 9.17) is 0 Å².